The van der Waals surface area contributed by atoms with E-state index in [9.17, 15) is 24.5 Å². The van der Waals surface area contributed by atoms with E-state index in [1.54, 1.807) is 13.0 Å². The maximum Gasteiger partial charge on any atom is 0.274 e. The molecule has 3 amide bonds. The van der Waals surface area contributed by atoms with Gasteiger partial charge in [-0.15, -0.1) is 0 Å². The normalized spacial score (nSPS) is 29.5. The Kier molecular flexibility index (Phi) is 4.29. The molecule has 0 radical (unpaired) electrons. The molecule has 2 aromatic carbocycles. The van der Waals surface area contributed by atoms with Gasteiger partial charge >= 0.3 is 0 Å². The molecule has 1 N–H and O–H groups in total. The van der Waals surface area contributed by atoms with E-state index in [-0.39, 0.29) is 34.8 Å². The summed E-state index contributed by atoms with van der Waals surface area (Å²) in [5.74, 6) is -2.65. The zero-order chi connectivity index (χ0) is 23.9. The van der Waals surface area contributed by atoms with Gasteiger partial charge in [0.25, 0.3) is 5.69 Å². The average Bonchev–Trinajstić information content (AvgIpc) is 3.52. The van der Waals surface area contributed by atoms with Crippen LogP contribution in [0.5, 0.6) is 0 Å². The highest BCUT2D eigenvalue weighted by Gasteiger charge is 2.74. The summed E-state index contributed by atoms with van der Waals surface area (Å²) in [4.78, 5) is 55.8. The Labute approximate surface area is 195 Å². The van der Waals surface area contributed by atoms with Gasteiger partial charge in [0.1, 0.15) is 5.54 Å². The number of rotatable bonds is 3. The van der Waals surface area contributed by atoms with Gasteiger partial charge in [-0.2, -0.15) is 0 Å². The first-order valence-corrected chi connectivity index (χ1v) is 11.7. The monoisotopic (exact) mass is 460 g/mol. The molecule has 1 spiro atoms. The van der Waals surface area contributed by atoms with Crippen molar-refractivity contribution in [3.05, 3.63) is 63.2 Å². The van der Waals surface area contributed by atoms with E-state index in [1.165, 1.54) is 12.1 Å². The Morgan fingerprint density at radius 3 is 2.65 bits per heavy atom. The Balaban J connectivity index is 1.56. The Bertz CT molecular complexity index is 1310. The highest BCUT2D eigenvalue weighted by atomic mass is 16.6. The number of fused-ring (bicyclic) bond motifs is 7. The van der Waals surface area contributed by atoms with E-state index in [1.807, 2.05) is 25.1 Å². The number of imide groups is 1. The summed E-state index contributed by atoms with van der Waals surface area (Å²) in [5, 5.41) is 14.5. The number of nitro groups is 1. The molecule has 4 aliphatic heterocycles. The second-order valence-corrected chi connectivity index (χ2v) is 9.51. The van der Waals surface area contributed by atoms with E-state index >= 15 is 0 Å². The number of para-hydroxylation sites is 1. The fraction of sp³-hybridized carbons (Fsp3) is 0.400. The molecule has 0 saturated carbocycles. The number of amides is 3. The molecule has 174 valence electrons. The van der Waals surface area contributed by atoms with Crippen LogP contribution in [-0.2, 0) is 26.3 Å². The molecular weight excluding hydrogens is 436 g/mol. The fourth-order valence-electron chi connectivity index (χ4n) is 6.87. The van der Waals surface area contributed by atoms with Crippen molar-refractivity contribution in [3.8, 4) is 0 Å². The van der Waals surface area contributed by atoms with Gasteiger partial charge in [0.05, 0.1) is 28.0 Å². The Morgan fingerprint density at radius 2 is 1.91 bits per heavy atom. The van der Waals surface area contributed by atoms with Crippen LogP contribution in [0.1, 0.15) is 36.5 Å². The van der Waals surface area contributed by atoms with Crippen molar-refractivity contribution < 1.29 is 19.3 Å². The summed E-state index contributed by atoms with van der Waals surface area (Å²) >= 11 is 0. The third-order valence-corrected chi connectivity index (χ3v) is 8.21. The molecule has 3 fully saturated rings. The van der Waals surface area contributed by atoms with Gasteiger partial charge in [0.15, 0.2) is 0 Å². The third-order valence-electron chi connectivity index (χ3n) is 8.21. The maximum absolute atomic E-state index is 14.1. The number of carbonyl (C=O) groups excluding carboxylic acids is 3. The van der Waals surface area contributed by atoms with E-state index in [4.69, 9.17) is 0 Å². The van der Waals surface area contributed by atoms with Crippen LogP contribution < -0.4 is 10.2 Å². The molecule has 0 bridgehead atoms. The van der Waals surface area contributed by atoms with Crippen molar-refractivity contribution in [2.75, 3.05) is 16.8 Å². The van der Waals surface area contributed by atoms with E-state index < -0.39 is 28.2 Å². The number of aryl methyl sites for hydroxylation is 1. The lowest BCUT2D eigenvalue weighted by atomic mass is 9.75. The number of nitrogens with one attached hydrogen (secondary N) is 1. The fourth-order valence-corrected chi connectivity index (χ4v) is 6.87. The minimum absolute atomic E-state index is 0.149. The van der Waals surface area contributed by atoms with Gasteiger partial charge in [0.2, 0.25) is 17.7 Å². The first-order valence-electron chi connectivity index (χ1n) is 11.7. The number of nitro benzene ring substituents is 1. The second kappa shape index (κ2) is 6.96. The minimum atomic E-state index is -1.25. The summed E-state index contributed by atoms with van der Waals surface area (Å²) in [7, 11) is 0. The standard InChI is InChI=1S/C25H24N4O5/c1-3-14-7-4-8-15-21(14)26-24(32)25(15)20-19(18-11-6-12-27(18)25)22(30)28(23(20)31)16-9-5-10-17(13(16)2)29(33)34/h4-5,7-10,18-20H,3,6,11-12H2,1-2H3,(H,26,32)/t18-,19+,20-,25-/m0/s1. The van der Waals surface area contributed by atoms with Crippen LogP contribution in [-0.4, -0.2) is 40.1 Å². The molecule has 9 heteroatoms. The summed E-state index contributed by atoms with van der Waals surface area (Å²) in [5.41, 5.74) is 1.58. The summed E-state index contributed by atoms with van der Waals surface area (Å²) < 4.78 is 0. The number of carbonyl (C=O) groups is 3. The van der Waals surface area contributed by atoms with Crippen LogP contribution >= 0.6 is 0 Å². The van der Waals surface area contributed by atoms with Gasteiger partial charge in [-0.3, -0.25) is 29.4 Å². The molecule has 4 heterocycles. The quantitative estimate of drug-likeness (QED) is 0.428. The molecule has 4 atom stereocenters. The minimum Gasteiger partial charge on any atom is -0.324 e. The summed E-state index contributed by atoms with van der Waals surface area (Å²) in [6.07, 6.45) is 2.28. The van der Waals surface area contributed by atoms with Crippen LogP contribution in [0.2, 0.25) is 0 Å². The lowest BCUT2D eigenvalue weighted by Gasteiger charge is -2.36. The van der Waals surface area contributed by atoms with Crippen LogP contribution in [0.15, 0.2) is 36.4 Å². The Morgan fingerprint density at radius 1 is 1.15 bits per heavy atom. The van der Waals surface area contributed by atoms with Crippen LogP contribution in [0.3, 0.4) is 0 Å². The smallest absolute Gasteiger partial charge is 0.274 e. The van der Waals surface area contributed by atoms with Crippen molar-refractivity contribution in [1.29, 1.82) is 0 Å². The van der Waals surface area contributed by atoms with Crippen LogP contribution in [0, 0.1) is 28.9 Å². The first kappa shape index (κ1) is 21.0. The highest BCUT2D eigenvalue weighted by molar-refractivity contribution is 6.26. The number of hydrogen-bond acceptors (Lipinski definition) is 6. The lowest BCUT2D eigenvalue weighted by Crippen LogP contribution is -2.54. The largest absolute Gasteiger partial charge is 0.324 e. The number of nitrogens with zero attached hydrogens (tertiary/aromatic N) is 3. The van der Waals surface area contributed by atoms with Gasteiger partial charge in [-0.1, -0.05) is 31.2 Å². The molecule has 34 heavy (non-hydrogen) atoms. The SMILES string of the molecule is CCc1cccc2c1NC(=O)[C@@]21[C@@H]2C(=O)N(c3cccc([N+](=O)[O-])c3C)C(=O)[C@@H]2[C@@H]2CCCN21. The molecule has 0 unspecified atom stereocenters. The van der Waals surface area contributed by atoms with Gasteiger partial charge in [0, 0.05) is 23.4 Å². The number of hydrogen-bond donors (Lipinski definition) is 1. The van der Waals surface area contributed by atoms with Crippen molar-refractivity contribution in [3.63, 3.8) is 0 Å². The topological polar surface area (TPSA) is 113 Å². The summed E-state index contributed by atoms with van der Waals surface area (Å²) in [6, 6.07) is 9.94. The zero-order valence-corrected chi connectivity index (χ0v) is 18.9. The number of benzene rings is 2. The van der Waals surface area contributed by atoms with Crippen LogP contribution in [0.25, 0.3) is 0 Å². The average molecular weight is 460 g/mol. The van der Waals surface area contributed by atoms with Gasteiger partial charge < -0.3 is 5.32 Å². The molecule has 2 aromatic rings. The first-order chi connectivity index (χ1) is 16.3. The predicted octanol–water partition coefficient (Wildman–Crippen LogP) is 2.90. The molecule has 9 nitrogen and oxygen atoms in total. The van der Waals surface area contributed by atoms with Crippen molar-refractivity contribution in [1.82, 2.24) is 4.90 Å². The molecule has 4 aliphatic rings. The second-order valence-electron chi connectivity index (χ2n) is 9.51. The van der Waals surface area contributed by atoms with Crippen molar-refractivity contribution >= 4 is 34.8 Å². The van der Waals surface area contributed by atoms with E-state index in [0.29, 0.717) is 6.54 Å². The van der Waals surface area contributed by atoms with Crippen molar-refractivity contribution in [2.24, 2.45) is 11.8 Å². The predicted molar refractivity (Wildman–Crippen MR) is 123 cm³/mol. The third kappa shape index (κ3) is 2.30. The number of anilines is 2. The van der Waals surface area contributed by atoms with Gasteiger partial charge in [-0.25, -0.2) is 4.90 Å². The zero-order valence-electron chi connectivity index (χ0n) is 18.9. The maximum atomic E-state index is 14.1. The lowest BCUT2D eigenvalue weighted by molar-refractivity contribution is -0.385. The Hall–Kier alpha value is -3.59. The van der Waals surface area contributed by atoms with E-state index in [2.05, 4.69) is 10.2 Å². The van der Waals surface area contributed by atoms with Crippen molar-refractivity contribution in [2.45, 2.75) is 44.7 Å². The molecule has 6 rings (SSSR count). The molecule has 3 saturated heterocycles. The van der Waals surface area contributed by atoms with E-state index in [0.717, 1.165) is 41.0 Å². The van der Waals surface area contributed by atoms with Crippen LogP contribution in [0.4, 0.5) is 17.1 Å². The molecule has 0 aromatic heterocycles. The summed E-state index contributed by atoms with van der Waals surface area (Å²) in [6.45, 7) is 4.20. The molecular formula is C25H24N4O5. The molecule has 0 aliphatic carbocycles. The van der Waals surface area contributed by atoms with Gasteiger partial charge in [-0.05, 0) is 44.4 Å². The highest BCUT2D eigenvalue weighted by Crippen LogP contribution is 2.61.